The maximum atomic E-state index is 13.8. The van der Waals surface area contributed by atoms with Crippen LogP contribution in [-0.2, 0) is 14.8 Å². The zero-order valence-electron chi connectivity index (χ0n) is 24.3. The van der Waals surface area contributed by atoms with Crippen LogP contribution in [0.25, 0.3) is 28.0 Å². The van der Waals surface area contributed by atoms with Gasteiger partial charge < -0.3 is 10.1 Å². The van der Waals surface area contributed by atoms with Crippen LogP contribution in [-0.4, -0.2) is 45.9 Å². The molecule has 0 spiro atoms. The Balaban J connectivity index is 1.43. The van der Waals surface area contributed by atoms with E-state index in [0.717, 1.165) is 16.8 Å². The van der Waals surface area contributed by atoms with Crippen LogP contribution in [0.5, 0.6) is 5.75 Å². The highest BCUT2D eigenvalue weighted by molar-refractivity contribution is 7.99. The summed E-state index contributed by atoms with van der Waals surface area (Å²) >= 11 is 1.23. The summed E-state index contributed by atoms with van der Waals surface area (Å²) in [6.45, 7) is 3.96. The quantitative estimate of drug-likeness (QED) is 0.184. The van der Waals surface area contributed by atoms with E-state index in [1.165, 1.54) is 15.7 Å². The van der Waals surface area contributed by atoms with E-state index < -0.39 is 10.0 Å². The van der Waals surface area contributed by atoms with Crippen molar-refractivity contribution in [2.75, 3.05) is 18.2 Å². The molecule has 4 aromatic carbocycles. The summed E-state index contributed by atoms with van der Waals surface area (Å²) in [4.78, 5) is 13.2. The molecule has 6 rings (SSSR count). The summed E-state index contributed by atoms with van der Waals surface area (Å²) in [6, 6.07) is 28.8. The van der Waals surface area contributed by atoms with Gasteiger partial charge in [0.25, 0.3) is 10.0 Å². The average Bonchev–Trinajstić information content (AvgIpc) is 3.64. The molecule has 0 saturated heterocycles. The fraction of sp³-hybridized carbons (Fsp3) is 0.121. The van der Waals surface area contributed by atoms with E-state index in [9.17, 15) is 13.2 Å². The van der Waals surface area contributed by atoms with Crippen molar-refractivity contribution >= 4 is 44.3 Å². The Morgan fingerprint density at radius 2 is 1.68 bits per heavy atom. The van der Waals surface area contributed by atoms with Gasteiger partial charge in [-0.15, -0.1) is 10.2 Å². The molecular weight excluding hydrogens is 595 g/mol. The molecule has 11 heteroatoms. The Hall–Kier alpha value is -4.87. The lowest BCUT2D eigenvalue weighted by molar-refractivity contribution is -0.113. The predicted octanol–water partition coefficient (Wildman–Crippen LogP) is 6.48. The average molecular weight is 624 g/mol. The molecule has 1 amide bonds. The van der Waals surface area contributed by atoms with Gasteiger partial charge in [-0.1, -0.05) is 71.9 Å². The number of ether oxygens (including phenoxy) is 1. The molecule has 0 aliphatic heterocycles. The Morgan fingerprint density at radius 3 is 2.45 bits per heavy atom. The second-order valence-electron chi connectivity index (χ2n) is 10.2. The van der Waals surface area contributed by atoms with Crippen molar-refractivity contribution in [3.05, 3.63) is 114 Å². The maximum Gasteiger partial charge on any atom is 0.268 e. The van der Waals surface area contributed by atoms with Crippen molar-refractivity contribution in [3.63, 3.8) is 0 Å². The van der Waals surface area contributed by atoms with Gasteiger partial charge in [0, 0.05) is 28.9 Å². The number of nitrogens with zero attached hydrogens (tertiary/aromatic N) is 4. The summed E-state index contributed by atoms with van der Waals surface area (Å²) in [5.41, 5.74) is 4.63. The highest BCUT2D eigenvalue weighted by Crippen LogP contribution is 2.36. The normalized spacial score (nSPS) is 11.5. The molecule has 0 aliphatic carbocycles. The zero-order valence-corrected chi connectivity index (χ0v) is 25.9. The Labute approximate surface area is 259 Å². The van der Waals surface area contributed by atoms with Gasteiger partial charge >= 0.3 is 0 Å². The molecule has 0 aliphatic rings. The Kier molecular flexibility index (Phi) is 7.98. The number of benzene rings is 4. The first-order chi connectivity index (χ1) is 21.3. The highest BCUT2D eigenvalue weighted by Gasteiger charge is 2.25. The number of nitrogens with one attached hydrogen (secondary N) is 1. The number of thioether (sulfide) groups is 1. The molecule has 222 valence electrons. The first-order valence-corrected chi connectivity index (χ1v) is 16.2. The summed E-state index contributed by atoms with van der Waals surface area (Å²) in [7, 11) is -2.33. The van der Waals surface area contributed by atoms with Crippen molar-refractivity contribution < 1.29 is 17.9 Å². The lowest BCUT2D eigenvalue weighted by atomic mass is 10.1. The lowest BCUT2D eigenvalue weighted by Crippen LogP contribution is -2.15. The van der Waals surface area contributed by atoms with Crippen LogP contribution in [0, 0.1) is 13.8 Å². The van der Waals surface area contributed by atoms with Gasteiger partial charge in [-0.3, -0.25) is 9.36 Å². The van der Waals surface area contributed by atoms with Gasteiger partial charge in [-0.25, -0.2) is 12.4 Å². The van der Waals surface area contributed by atoms with E-state index >= 15 is 0 Å². The number of methoxy groups -OCH3 is 1. The number of aromatic nitrogens is 4. The monoisotopic (exact) mass is 623 g/mol. The van der Waals surface area contributed by atoms with E-state index in [2.05, 4.69) is 15.5 Å². The van der Waals surface area contributed by atoms with Gasteiger partial charge in [-0.2, -0.15) is 0 Å². The molecule has 0 unspecified atom stereocenters. The molecule has 1 N–H and O–H groups in total. The molecule has 0 bridgehead atoms. The van der Waals surface area contributed by atoms with Gasteiger partial charge in [-0.05, 0) is 55.8 Å². The van der Waals surface area contributed by atoms with Crippen molar-refractivity contribution in [2.24, 2.45) is 0 Å². The number of carbonyl (C=O) groups is 1. The largest absolute Gasteiger partial charge is 0.497 e. The number of rotatable bonds is 9. The van der Waals surface area contributed by atoms with Crippen molar-refractivity contribution in [1.29, 1.82) is 0 Å². The first-order valence-electron chi connectivity index (χ1n) is 13.8. The molecule has 2 aromatic heterocycles. The van der Waals surface area contributed by atoms with Crippen molar-refractivity contribution in [1.82, 2.24) is 18.7 Å². The van der Waals surface area contributed by atoms with E-state index in [1.807, 2.05) is 73.0 Å². The van der Waals surface area contributed by atoms with Crippen LogP contribution in [0.3, 0.4) is 0 Å². The molecule has 0 fully saturated rings. The molecule has 6 aromatic rings. The number of aryl methyl sites for hydroxylation is 2. The number of hydrogen-bond donors (Lipinski definition) is 1. The van der Waals surface area contributed by atoms with Crippen LogP contribution >= 0.6 is 11.8 Å². The standard InChI is InChI=1S/C33H29N5O4S2/c1-22-16-17-29(23(2)18-22)34-31(39)21-43-33-36-35-32(38(33)24-10-9-11-25(19-24)42-3)28-20-37(30-15-8-7-14-27(28)30)44(40,41)26-12-5-4-6-13-26/h4-20H,21H2,1-3H3,(H,34,39). The number of fused-ring (bicyclic) bond motifs is 1. The van der Waals surface area contributed by atoms with E-state index in [1.54, 1.807) is 55.8 Å². The Morgan fingerprint density at radius 1 is 0.909 bits per heavy atom. The van der Waals surface area contributed by atoms with Gasteiger partial charge in [0.15, 0.2) is 11.0 Å². The van der Waals surface area contributed by atoms with Gasteiger partial charge in [0.1, 0.15) is 5.75 Å². The van der Waals surface area contributed by atoms with E-state index in [-0.39, 0.29) is 16.6 Å². The molecular formula is C33H29N5O4S2. The third-order valence-corrected chi connectivity index (χ3v) is 9.77. The fourth-order valence-electron chi connectivity index (χ4n) is 5.02. The van der Waals surface area contributed by atoms with E-state index in [0.29, 0.717) is 38.9 Å². The van der Waals surface area contributed by atoms with Crippen LogP contribution in [0.1, 0.15) is 11.1 Å². The van der Waals surface area contributed by atoms with Gasteiger partial charge in [0.05, 0.1) is 29.0 Å². The summed E-state index contributed by atoms with van der Waals surface area (Å²) in [5, 5.41) is 13.1. The molecule has 2 heterocycles. The van der Waals surface area contributed by atoms with Crippen LogP contribution in [0.2, 0.25) is 0 Å². The van der Waals surface area contributed by atoms with Crippen molar-refractivity contribution in [3.8, 4) is 22.8 Å². The topological polar surface area (TPSA) is 108 Å². The lowest BCUT2D eigenvalue weighted by Gasteiger charge is -2.12. The zero-order chi connectivity index (χ0) is 30.8. The van der Waals surface area contributed by atoms with Crippen molar-refractivity contribution in [2.45, 2.75) is 23.9 Å². The molecule has 9 nitrogen and oxygen atoms in total. The third-order valence-electron chi connectivity index (χ3n) is 7.15. The summed E-state index contributed by atoms with van der Waals surface area (Å²) < 4.78 is 36.1. The summed E-state index contributed by atoms with van der Waals surface area (Å²) in [6.07, 6.45) is 1.58. The first kappa shape index (κ1) is 29.2. The van der Waals surface area contributed by atoms with Crippen LogP contribution < -0.4 is 10.1 Å². The maximum absolute atomic E-state index is 13.8. The number of anilines is 1. The number of hydrogen-bond acceptors (Lipinski definition) is 7. The van der Waals surface area contributed by atoms with Crippen LogP contribution in [0.4, 0.5) is 5.69 Å². The Bertz CT molecular complexity index is 2100. The van der Waals surface area contributed by atoms with Gasteiger partial charge in [0.2, 0.25) is 5.91 Å². The third kappa shape index (κ3) is 5.59. The number of para-hydroxylation sites is 1. The predicted molar refractivity (Wildman–Crippen MR) is 173 cm³/mol. The minimum atomic E-state index is -3.91. The minimum absolute atomic E-state index is 0.0829. The number of carbonyl (C=O) groups excluding carboxylic acids is 1. The van der Waals surface area contributed by atoms with E-state index in [4.69, 9.17) is 4.74 Å². The SMILES string of the molecule is COc1cccc(-n2c(SCC(=O)Nc3ccc(C)cc3C)nnc2-c2cn(S(=O)(=O)c3ccccc3)c3ccccc23)c1. The molecule has 0 atom stereocenters. The smallest absolute Gasteiger partial charge is 0.268 e. The second kappa shape index (κ2) is 12.0. The molecule has 0 saturated carbocycles. The minimum Gasteiger partial charge on any atom is -0.497 e. The molecule has 44 heavy (non-hydrogen) atoms. The number of amides is 1. The highest BCUT2D eigenvalue weighted by atomic mass is 32.2. The fourth-order valence-corrected chi connectivity index (χ4v) is 7.17. The summed E-state index contributed by atoms with van der Waals surface area (Å²) in [5.74, 6) is 0.947. The second-order valence-corrected chi connectivity index (χ2v) is 12.9. The van der Waals surface area contributed by atoms with Crippen LogP contribution in [0.15, 0.2) is 113 Å². The molecule has 0 radical (unpaired) electrons.